The smallest absolute Gasteiger partial charge is 0.269 e. The van der Waals surface area contributed by atoms with E-state index in [1.165, 1.54) is 12.1 Å². The molecule has 0 bridgehead atoms. The third-order valence-corrected chi connectivity index (χ3v) is 2.96. The number of non-ortho nitro benzene ring substituents is 1. The predicted octanol–water partition coefficient (Wildman–Crippen LogP) is 2.48. The lowest BCUT2D eigenvalue weighted by atomic mass is 10.1. The molecule has 2 rings (SSSR count). The molecular formula is C14H17N3O3. The van der Waals surface area contributed by atoms with E-state index < -0.39 is 4.92 Å². The molecule has 0 aliphatic rings. The van der Waals surface area contributed by atoms with Gasteiger partial charge in [0.2, 0.25) is 5.89 Å². The lowest BCUT2D eigenvalue weighted by molar-refractivity contribution is -0.384. The number of hydrogen-bond acceptors (Lipinski definition) is 5. The van der Waals surface area contributed by atoms with Gasteiger partial charge >= 0.3 is 0 Å². The number of benzene rings is 1. The number of nitrogens with one attached hydrogen (secondary N) is 1. The van der Waals surface area contributed by atoms with E-state index >= 15 is 0 Å². The fourth-order valence-electron chi connectivity index (χ4n) is 1.81. The maximum absolute atomic E-state index is 10.5. The maximum atomic E-state index is 10.5. The number of rotatable bonds is 7. The maximum Gasteiger partial charge on any atom is 0.269 e. The molecule has 6 nitrogen and oxygen atoms in total. The van der Waals surface area contributed by atoms with Crippen LogP contribution in [0.25, 0.3) is 0 Å². The van der Waals surface area contributed by atoms with Crippen molar-refractivity contribution in [1.29, 1.82) is 0 Å². The van der Waals surface area contributed by atoms with E-state index in [2.05, 4.69) is 10.3 Å². The molecule has 2 aromatic rings. The Morgan fingerprint density at radius 2 is 2.10 bits per heavy atom. The summed E-state index contributed by atoms with van der Waals surface area (Å²) in [7, 11) is 0. The quantitative estimate of drug-likeness (QED) is 0.477. The van der Waals surface area contributed by atoms with Crippen LogP contribution in [0.3, 0.4) is 0 Å². The van der Waals surface area contributed by atoms with Crippen molar-refractivity contribution < 1.29 is 9.34 Å². The Morgan fingerprint density at radius 3 is 2.70 bits per heavy atom. The molecule has 0 fully saturated rings. The second kappa shape index (κ2) is 6.81. The molecule has 1 aromatic heterocycles. The van der Waals surface area contributed by atoms with Gasteiger partial charge in [-0.2, -0.15) is 0 Å². The Balaban J connectivity index is 1.74. The summed E-state index contributed by atoms with van der Waals surface area (Å²) in [5.74, 6) is 1.57. The lowest BCUT2D eigenvalue weighted by Gasteiger charge is -2.02. The standard InChI is InChI=1S/C14H17N3O3/c1-2-13-9-16-14(20-13)10-15-8-7-11-3-5-12(6-4-11)17(18)19/h3-6,9,15H,2,7-8,10H2,1H3. The average Bonchev–Trinajstić information content (AvgIpc) is 2.92. The highest BCUT2D eigenvalue weighted by Gasteiger charge is 2.04. The molecule has 0 saturated carbocycles. The zero-order valence-corrected chi connectivity index (χ0v) is 11.3. The average molecular weight is 275 g/mol. The van der Waals surface area contributed by atoms with Crippen molar-refractivity contribution in [3.63, 3.8) is 0 Å². The molecular weight excluding hydrogens is 258 g/mol. The van der Waals surface area contributed by atoms with Crippen molar-refractivity contribution in [3.05, 3.63) is 57.8 Å². The highest BCUT2D eigenvalue weighted by molar-refractivity contribution is 5.32. The first kappa shape index (κ1) is 14.2. The summed E-state index contributed by atoms with van der Waals surface area (Å²) in [6.07, 6.45) is 3.39. The van der Waals surface area contributed by atoms with Crippen LogP contribution in [-0.2, 0) is 19.4 Å². The van der Waals surface area contributed by atoms with Crippen LogP contribution >= 0.6 is 0 Å². The van der Waals surface area contributed by atoms with Gasteiger partial charge in [-0.3, -0.25) is 10.1 Å². The Hall–Kier alpha value is -2.21. The number of oxazole rings is 1. The third kappa shape index (κ3) is 3.89. The van der Waals surface area contributed by atoms with E-state index in [1.54, 1.807) is 18.3 Å². The first-order chi connectivity index (χ1) is 9.69. The van der Waals surface area contributed by atoms with Crippen LogP contribution in [0.2, 0.25) is 0 Å². The Bertz CT molecular complexity index is 563. The largest absolute Gasteiger partial charge is 0.444 e. The molecule has 6 heteroatoms. The Kier molecular flexibility index (Phi) is 4.84. The minimum Gasteiger partial charge on any atom is -0.444 e. The minimum atomic E-state index is -0.393. The van der Waals surface area contributed by atoms with Gasteiger partial charge in [-0.25, -0.2) is 4.98 Å². The zero-order valence-electron chi connectivity index (χ0n) is 11.3. The van der Waals surface area contributed by atoms with Gasteiger partial charge in [0, 0.05) is 18.6 Å². The summed E-state index contributed by atoms with van der Waals surface area (Å²) in [5, 5.41) is 13.8. The van der Waals surface area contributed by atoms with E-state index in [0.717, 1.165) is 30.7 Å². The Labute approximate surface area is 117 Å². The summed E-state index contributed by atoms with van der Waals surface area (Å²) < 4.78 is 5.48. The Morgan fingerprint density at radius 1 is 1.35 bits per heavy atom. The van der Waals surface area contributed by atoms with E-state index in [9.17, 15) is 10.1 Å². The number of nitrogens with zero attached hydrogens (tertiary/aromatic N) is 2. The molecule has 0 saturated heterocycles. The second-order valence-electron chi connectivity index (χ2n) is 4.42. The highest BCUT2D eigenvalue weighted by Crippen LogP contribution is 2.12. The molecule has 0 amide bonds. The SMILES string of the molecule is CCc1cnc(CNCCc2ccc([N+](=O)[O-])cc2)o1. The molecule has 0 aliphatic carbocycles. The van der Waals surface area contributed by atoms with E-state index in [-0.39, 0.29) is 5.69 Å². The van der Waals surface area contributed by atoms with E-state index in [4.69, 9.17) is 4.42 Å². The van der Waals surface area contributed by atoms with E-state index in [0.29, 0.717) is 12.4 Å². The van der Waals surface area contributed by atoms with Crippen molar-refractivity contribution in [2.75, 3.05) is 6.54 Å². The van der Waals surface area contributed by atoms with Crippen LogP contribution in [0.15, 0.2) is 34.9 Å². The van der Waals surface area contributed by atoms with Crippen molar-refractivity contribution in [1.82, 2.24) is 10.3 Å². The van der Waals surface area contributed by atoms with Crippen LogP contribution in [0, 0.1) is 10.1 Å². The van der Waals surface area contributed by atoms with Gasteiger partial charge in [0.05, 0.1) is 17.7 Å². The first-order valence-electron chi connectivity index (χ1n) is 6.56. The molecule has 1 heterocycles. The predicted molar refractivity (Wildman–Crippen MR) is 74.4 cm³/mol. The molecule has 0 unspecified atom stereocenters. The molecule has 20 heavy (non-hydrogen) atoms. The minimum absolute atomic E-state index is 0.119. The van der Waals surface area contributed by atoms with E-state index in [1.807, 2.05) is 6.92 Å². The second-order valence-corrected chi connectivity index (χ2v) is 4.42. The van der Waals surface area contributed by atoms with Crippen LogP contribution in [0.1, 0.15) is 24.1 Å². The van der Waals surface area contributed by atoms with Crippen LogP contribution < -0.4 is 5.32 Å². The summed E-state index contributed by atoms with van der Waals surface area (Å²) in [6, 6.07) is 6.61. The number of nitro benzene ring substituents is 1. The van der Waals surface area contributed by atoms with Gasteiger partial charge in [0.15, 0.2) is 0 Å². The number of aryl methyl sites for hydroxylation is 1. The van der Waals surface area contributed by atoms with Crippen LogP contribution in [0.4, 0.5) is 5.69 Å². The monoisotopic (exact) mass is 275 g/mol. The fourth-order valence-corrected chi connectivity index (χ4v) is 1.81. The summed E-state index contributed by atoms with van der Waals surface area (Å²) in [6.45, 7) is 3.38. The first-order valence-corrected chi connectivity index (χ1v) is 6.56. The lowest BCUT2D eigenvalue weighted by Crippen LogP contribution is -2.16. The molecule has 0 radical (unpaired) electrons. The molecule has 106 valence electrons. The zero-order chi connectivity index (χ0) is 14.4. The number of hydrogen-bond donors (Lipinski definition) is 1. The summed E-state index contributed by atoms with van der Waals surface area (Å²) in [5.41, 5.74) is 1.18. The van der Waals surface area contributed by atoms with Crippen molar-refractivity contribution >= 4 is 5.69 Å². The molecule has 1 aromatic carbocycles. The summed E-state index contributed by atoms with van der Waals surface area (Å²) >= 11 is 0. The van der Waals surface area contributed by atoms with Crippen molar-refractivity contribution in [2.24, 2.45) is 0 Å². The van der Waals surface area contributed by atoms with Gasteiger partial charge in [-0.1, -0.05) is 19.1 Å². The van der Waals surface area contributed by atoms with Crippen LogP contribution in [-0.4, -0.2) is 16.5 Å². The topological polar surface area (TPSA) is 81.2 Å². The van der Waals surface area contributed by atoms with Gasteiger partial charge < -0.3 is 9.73 Å². The van der Waals surface area contributed by atoms with Gasteiger partial charge in [0.1, 0.15) is 5.76 Å². The summed E-state index contributed by atoms with van der Waals surface area (Å²) in [4.78, 5) is 14.3. The van der Waals surface area contributed by atoms with Gasteiger partial charge in [-0.05, 0) is 18.5 Å². The highest BCUT2D eigenvalue weighted by atomic mass is 16.6. The number of nitro groups is 1. The van der Waals surface area contributed by atoms with Crippen molar-refractivity contribution in [2.45, 2.75) is 26.3 Å². The van der Waals surface area contributed by atoms with Crippen LogP contribution in [0.5, 0.6) is 0 Å². The molecule has 0 aliphatic heterocycles. The molecule has 0 spiro atoms. The van der Waals surface area contributed by atoms with Gasteiger partial charge in [-0.15, -0.1) is 0 Å². The third-order valence-electron chi connectivity index (χ3n) is 2.96. The van der Waals surface area contributed by atoms with Gasteiger partial charge in [0.25, 0.3) is 5.69 Å². The molecule has 0 atom stereocenters. The number of aromatic nitrogens is 1. The van der Waals surface area contributed by atoms with Crippen molar-refractivity contribution in [3.8, 4) is 0 Å². The normalized spacial score (nSPS) is 10.7. The molecule has 1 N–H and O–H groups in total. The fraction of sp³-hybridized carbons (Fsp3) is 0.357.